The van der Waals surface area contributed by atoms with Crippen molar-refractivity contribution in [1.29, 1.82) is 0 Å². The summed E-state index contributed by atoms with van der Waals surface area (Å²) in [4.78, 5) is 0. The molecule has 1 aromatic carbocycles. The van der Waals surface area contributed by atoms with Gasteiger partial charge < -0.3 is 0 Å². The highest BCUT2D eigenvalue weighted by molar-refractivity contribution is 5.33. The lowest BCUT2D eigenvalue weighted by Gasteiger charge is -2.39. The fourth-order valence-electron chi connectivity index (χ4n) is 6.42. The maximum atomic E-state index is 13.5. The average molecular weight is 361 g/mol. The van der Waals surface area contributed by atoms with E-state index in [-0.39, 0.29) is 0 Å². The van der Waals surface area contributed by atoms with Crippen LogP contribution in [0.1, 0.15) is 82.3 Å². The second-order valence-corrected chi connectivity index (χ2v) is 9.45. The summed E-state index contributed by atoms with van der Waals surface area (Å²) in [6, 6.07) is 2.90. The zero-order valence-corrected chi connectivity index (χ0v) is 16.3. The van der Waals surface area contributed by atoms with Gasteiger partial charge in [0.2, 0.25) is 0 Å². The Morgan fingerprint density at radius 1 is 0.692 bits per heavy atom. The summed E-state index contributed by atoms with van der Waals surface area (Å²) in [5.74, 6) is 2.97. The molecule has 0 bridgehead atoms. The van der Waals surface area contributed by atoms with Gasteiger partial charge in [-0.3, -0.25) is 0 Å². The normalized spacial score (nSPS) is 32.6. The molecule has 26 heavy (non-hydrogen) atoms. The summed E-state index contributed by atoms with van der Waals surface area (Å²) in [6.45, 7) is 2.32. The van der Waals surface area contributed by atoms with Crippen molar-refractivity contribution in [3.63, 3.8) is 0 Å². The molecule has 4 rings (SSSR count). The summed E-state index contributed by atoms with van der Waals surface area (Å²) in [5.41, 5.74) is 2.12. The predicted molar refractivity (Wildman–Crippen MR) is 103 cm³/mol. The fourth-order valence-corrected chi connectivity index (χ4v) is 6.42. The van der Waals surface area contributed by atoms with Crippen LogP contribution in [0.2, 0.25) is 0 Å². The molecule has 3 aliphatic rings. The Bertz CT molecular complexity index is 576. The van der Waals surface area contributed by atoms with Crippen LogP contribution in [0.5, 0.6) is 0 Å². The Morgan fingerprint density at radius 3 is 1.58 bits per heavy atom. The van der Waals surface area contributed by atoms with Crippen LogP contribution in [-0.2, 0) is 12.8 Å². The average Bonchev–Trinajstić information content (AvgIpc) is 3.06. The van der Waals surface area contributed by atoms with Crippen molar-refractivity contribution in [1.82, 2.24) is 0 Å². The first-order valence-electron chi connectivity index (χ1n) is 11.1. The van der Waals surface area contributed by atoms with Crippen molar-refractivity contribution in [3.8, 4) is 0 Å². The van der Waals surface area contributed by atoms with E-state index in [1.807, 2.05) is 0 Å². The molecule has 0 amide bonds. The molecule has 0 spiro atoms. The van der Waals surface area contributed by atoms with Gasteiger partial charge in [-0.05, 0) is 104 Å². The van der Waals surface area contributed by atoms with E-state index in [4.69, 9.17) is 0 Å². The second-order valence-electron chi connectivity index (χ2n) is 9.45. The maximum Gasteiger partial charge on any atom is 0.159 e. The molecule has 144 valence electrons. The molecule has 1 aromatic rings. The van der Waals surface area contributed by atoms with Crippen molar-refractivity contribution in [3.05, 3.63) is 34.9 Å². The van der Waals surface area contributed by atoms with Gasteiger partial charge in [0.15, 0.2) is 11.6 Å². The van der Waals surface area contributed by atoms with Crippen LogP contribution < -0.4 is 0 Å². The van der Waals surface area contributed by atoms with E-state index in [1.165, 1.54) is 76.3 Å². The minimum absolute atomic E-state index is 0.618. The number of fused-ring (bicyclic) bond motifs is 1. The molecule has 2 fully saturated rings. The summed E-state index contributed by atoms with van der Waals surface area (Å²) < 4.78 is 27.0. The van der Waals surface area contributed by atoms with E-state index in [0.717, 1.165) is 47.6 Å². The molecule has 0 aliphatic heterocycles. The first-order valence-corrected chi connectivity index (χ1v) is 11.1. The highest BCUT2D eigenvalue weighted by Crippen LogP contribution is 2.45. The van der Waals surface area contributed by atoms with E-state index in [1.54, 1.807) is 0 Å². The molecule has 2 saturated carbocycles. The Hall–Kier alpha value is -0.920. The molecule has 0 radical (unpaired) electrons. The minimum Gasteiger partial charge on any atom is -0.204 e. The Kier molecular flexibility index (Phi) is 5.66. The number of rotatable bonds is 4. The van der Waals surface area contributed by atoms with Crippen LogP contribution >= 0.6 is 0 Å². The van der Waals surface area contributed by atoms with Gasteiger partial charge in [0, 0.05) is 0 Å². The molecule has 0 heterocycles. The lowest BCUT2D eigenvalue weighted by molar-refractivity contribution is 0.125. The third-order valence-electron chi connectivity index (χ3n) is 7.94. The Labute approximate surface area is 157 Å². The van der Waals surface area contributed by atoms with Gasteiger partial charge in [-0.1, -0.05) is 32.6 Å². The van der Waals surface area contributed by atoms with E-state index < -0.39 is 11.6 Å². The zero-order chi connectivity index (χ0) is 18.1. The highest BCUT2D eigenvalue weighted by atomic mass is 19.2. The standard InChI is InChI=1S/C24H34F2/c1-2-3-16-4-6-17(7-5-16)18-8-10-19(11-9-18)20-12-21-14-23(25)24(26)15-22(21)13-20/h14-20H,2-13H2,1H3. The lowest BCUT2D eigenvalue weighted by atomic mass is 9.67. The molecular formula is C24H34F2. The minimum atomic E-state index is -0.674. The number of hydrogen-bond acceptors (Lipinski definition) is 0. The number of halogens is 2. The van der Waals surface area contributed by atoms with Gasteiger partial charge in [-0.15, -0.1) is 0 Å². The number of hydrogen-bond donors (Lipinski definition) is 0. The summed E-state index contributed by atoms with van der Waals surface area (Å²) in [6.07, 6.45) is 16.0. The molecule has 0 N–H and O–H groups in total. The van der Waals surface area contributed by atoms with E-state index in [2.05, 4.69) is 6.92 Å². The molecule has 0 aromatic heterocycles. The van der Waals surface area contributed by atoms with Crippen molar-refractivity contribution >= 4 is 0 Å². The molecule has 0 nitrogen and oxygen atoms in total. The monoisotopic (exact) mass is 360 g/mol. The van der Waals surface area contributed by atoms with Crippen LogP contribution in [0.25, 0.3) is 0 Å². The van der Waals surface area contributed by atoms with E-state index in [0.29, 0.717) is 5.92 Å². The largest absolute Gasteiger partial charge is 0.204 e. The highest BCUT2D eigenvalue weighted by Gasteiger charge is 2.35. The SMILES string of the molecule is CCCC1CCC(C2CCC(C3Cc4cc(F)c(F)cc4C3)CC2)CC1. The first kappa shape index (κ1) is 18.4. The summed E-state index contributed by atoms with van der Waals surface area (Å²) in [7, 11) is 0. The van der Waals surface area contributed by atoms with Crippen molar-refractivity contribution < 1.29 is 8.78 Å². The Morgan fingerprint density at radius 2 is 1.12 bits per heavy atom. The molecule has 0 saturated heterocycles. The predicted octanol–water partition coefficient (Wildman–Crippen LogP) is 7.09. The van der Waals surface area contributed by atoms with Crippen LogP contribution in [-0.4, -0.2) is 0 Å². The quantitative estimate of drug-likeness (QED) is 0.537. The van der Waals surface area contributed by atoms with Crippen LogP contribution in [0.15, 0.2) is 12.1 Å². The number of benzene rings is 1. The van der Waals surface area contributed by atoms with Gasteiger partial charge >= 0.3 is 0 Å². The van der Waals surface area contributed by atoms with Gasteiger partial charge in [0.1, 0.15) is 0 Å². The maximum absolute atomic E-state index is 13.5. The second kappa shape index (κ2) is 7.98. The molecule has 3 aliphatic carbocycles. The van der Waals surface area contributed by atoms with Crippen molar-refractivity contribution in [2.45, 2.75) is 84.0 Å². The van der Waals surface area contributed by atoms with Gasteiger partial charge in [0.05, 0.1) is 0 Å². The smallest absolute Gasteiger partial charge is 0.159 e. The molecule has 2 heteroatoms. The summed E-state index contributed by atoms with van der Waals surface area (Å²) >= 11 is 0. The lowest BCUT2D eigenvalue weighted by Crippen LogP contribution is -2.28. The van der Waals surface area contributed by atoms with Crippen molar-refractivity contribution in [2.24, 2.45) is 29.6 Å². The van der Waals surface area contributed by atoms with Gasteiger partial charge in [-0.2, -0.15) is 0 Å². The molecular weight excluding hydrogens is 326 g/mol. The van der Waals surface area contributed by atoms with Gasteiger partial charge in [-0.25, -0.2) is 8.78 Å². The van der Waals surface area contributed by atoms with E-state index in [9.17, 15) is 8.78 Å². The molecule has 0 atom stereocenters. The Balaban J connectivity index is 1.27. The third kappa shape index (κ3) is 3.85. The van der Waals surface area contributed by atoms with Crippen LogP contribution in [0.3, 0.4) is 0 Å². The first-order chi connectivity index (χ1) is 12.6. The van der Waals surface area contributed by atoms with E-state index >= 15 is 0 Å². The fraction of sp³-hybridized carbons (Fsp3) is 0.750. The third-order valence-corrected chi connectivity index (χ3v) is 7.94. The summed E-state index contributed by atoms with van der Waals surface area (Å²) in [5, 5.41) is 0. The van der Waals surface area contributed by atoms with Crippen molar-refractivity contribution in [2.75, 3.05) is 0 Å². The van der Waals surface area contributed by atoms with Gasteiger partial charge in [0.25, 0.3) is 0 Å². The van der Waals surface area contributed by atoms with Crippen LogP contribution in [0.4, 0.5) is 8.78 Å². The topological polar surface area (TPSA) is 0 Å². The molecule has 0 unspecified atom stereocenters. The van der Waals surface area contributed by atoms with Crippen LogP contribution in [0, 0.1) is 41.2 Å². The zero-order valence-electron chi connectivity index (χ0n) is 16.3.